The number of amides is 1. The average molecular weight is 328 g/mol. The van der Waals surface area contributed by atoms with Crippen molar-refractivity contribution in [2.75, 3.05) is 7.11 Å². The molecule has 1 heterocycles. The Balaban J connectivity index is 2.29. The van der Waals surface area contributed by atoms with Crippen molar-refractivity contribution in [3.63, 3.8) is 0 Å². The van der Waals surface area contributed by atoms with Gasteiger partial charge in [-0.3, -0.25) is 9.78 Å². The van der Waals surface area contributed by atoms with E-state index < -0.39 is 12.1 Å². The van der Waals surface area contributed by atoms with Crippen molar-refractivity contribution in [3.8, 4) is 5.75 Å². The second kappa shape index (κ2) is 8.45. The van der Waals surface area contributed by atoms with Gasteiger partial charge >= 0.3 is 0 Å². The molecule has 0 fully saturated rings. The lowest BCUT2D eigenvalue weighted by Crippen LogP contribution is -2.33. The molecule has 2 aromatic rings. The minimum atomic E-state index is -0.674. The first-order valence-electron chi connectivity index (χ1n) is 8.04. The van der Waals surface area contributed by atoms with E-state index in [2.05, 4.69) is 10.3 Å². The number of carbonyl (C=O) groups is 1. The predicted octanol–water partition coefficient (Wildman–Crippen LogP) is 2.70. The molecule has 0 saturated heterocycles. The monoisotopic (exact) mass is 328 g/mol. The summed E-state index contributed by atoms with van der Waals surface area (Å²) in [5.74, 6) is 0.478. The molecule has 2 atom stereocenters. The summed E-state index contributed by atoms with van der Waals surface area (Å²) >= 11 is 0. The largest absolute Gasteiger partial charge is 0.496 e. The van der Waals surface area contributed by atoms with E-state index >= 15 is 0 Å². The quantitative estimate of drug-likeness (QED) is 0.820. The van der Waals surface area contributed by atoms with Gasteiger partial charge in [0, 0.05) is 11.8 Å². The molecule has 2 rings (SSSR count). The van der Waals surface area contributed by atoms with Crippen LogP contribution in [-0.4, -0.2) is 29.2 Å². The number of nitrogens with zero attached hydrogens (tertiary/aromatic N) is 1. The molecule has 128 valence electrons. The van der Waals surface area contributed by atoms with Gasteiger partial charge in [-0.05, 0) is 24.1 Å². The van der Waals surface area contributed by atoms with Crippen LogP contribution in [0.15, 0.2) is 48.7 Å². The van der Waals surface area contributed by atoms with Gasteiger partial charge in [0.15, 0.2) is 0 Å². The summed E-state index contributed by atoms with van der Waals surface area (Å²) < 4.78 is 5.42. The van der Waals surface area contributed by atoms with E-state index in [4.69, 9.17) is 4.74 Å². The van der Waals surface area contributed by atoms with Gasteiger partial charge < -0.3 is 15.2 Å². The third-order valence-corrected chi connectivity index (χ3v) is 3.90. The van der Waals surface area contributed by atoms with Crippen molar-refractivity contribution in [2.24, 2.45) is 5.92 Å². The fraction of sp³-hybridized carbons (Fsp3) is 0.368. The Bertz CT molecular complexity index is 659. The van der Waals surface area contributed by atoms with Crippen molar-refractivity contribution in [2.45, 2.75) is 32.4 Å². The van der Waals surface area contributed by atoms with Gasteiger partial charge in [0.05, 0.1) is 31.4 Å². The normalized spacial score (nSPS) is 13.4. The fourth-order valence-corrected chi connectivity index (χ4v) is 2.41. The Hall–Kier alpha value is -2.40. The molecule has 0 saturated carbocycles. The number of hydrogen-bond donors (Lipinski definition) is 2. The Labute approximate surface area is 142 Å². The zero-order valence-electron chi connectivity index (χ0n) is 14.3. The molecule has 0 aliphatic rings. The number of aromatic nitrogens is 1. The number of nitrogens with one attached hydrogen (secondary N) is 1. The minimum absolute atomic E-state index is 0.0234. The highest BCUT2D eigenvalue weighted by Crippen LogP contribution is 2.29. The Morgan fingerprint density at radius 1 is 1.21 bits per heavy atom. The van der Waals surface area contributed by atoms with E-state index in [0.29, 0.717) is 5.75 Å². The van der Waals surface area contributed by atoms with Crippen molar-refractivity contribution in [1.82, 2.24) is 10.3 Å². The fourth-order valence-electron chi connectivity index (χ4n) is 2.41. The van der Waals surface area contributed by atoms with Gasteiger partial charge in [-0.2, -0.15) is 0 Å². The van der Waals surface area contributed by atoms with Crippen molar-refractivity contribution < 1.29 is 14.6 Å². The number of carbonyl (C=O) groups excluding carboxylic acids is 1. The molecule has 2 unspecified atom stereocenters. The summed E-state index contributed by atoms with van der Waals surface area (Å²) in [5, 5.41) is 12.9. The van der Waals surface area contributed by atoms with Crippen LogP contribution in [0, 0.1) is 5.92 Å². The highest BCUT2D eigenvalue weighted by molar-refractivity contribution is 5.77. The molecule has 1 aromatic heterocycles. The number of para-hydroxylation sites is 1. The molecule has 5 heteroatoms. The second-order valence-corrected chi connectivity index (χ2v) is 6.01. The van der Waals surface area contributed by atoms with Crippen LogP contribution in [0.1, 0.15) is 37.6 Å². The van der Waals surface area contributed by atoms with Crippen LogP contribution in [0.3, 0.4) is 0 Å². The lowest BCUT2D eigenvalue weighted by molar-refractivity contribution is -0.124. The van der Waals surface area contributed by atoms with Gasteiger partial charge in [-0.15, -0.1) is 0 Å². The molecule has 1 amide bonds. The highest BCUT2D eigenvalue weighted by atomic mass is 16.5. The second-order valence-electron chi connectivity index (χ2n) is 6.01. The molecule has 0 radical (unpaired) electrons. The topological polar surface area (TPSA) is 71.5 Å². The van der Waals surface area contributed by atoms with E-state index in [1.165, 1.54) is 0 Å². The van der Waals surface area contributed by atoms with Crippen LogP contribution < -0.4 is 10.1 Å². The number of hydrogen-bond acceptors (Lipinski definition) is 4. The molecular weight excluding hydrogens is 304 g/mol. The number of aliphatic hydroxyl groups excluding tert-OH is 1. The molecule has 0 spiro atoms. The number of methoxy groups -OCH3 is 1. The maximum absolute atomic E-state index is 12.4. The number of rotatable bonds is 7. The third-order valence-electron chi connectivity index (χ3n) is 3.90. The zero-order valence-corrected chi connectivity index (χ0v) is 14.3. The van der Waals surface area contributed by atoms with Gasteiger partial charge in [-0.25, -0.2) is 0 Å². The average Bonchev–Trinajstić information content (AvgIpc) is 2.60. The maximum Gasteiger partial charge on any atom is 0.223 e. The lowest BCUT2D eigenvalue weighted by atomic mass is 10.00. The summed E-state index contributed by atoms with van der Waals surface area (Å²) in [5.41, 5.74) is 1.54. The highest BCUT2D eigenvalue weighted by Gasteiger charge is 2.23. The van der Waals surface area contributed by atoms with Crippen molar-refractivity contribution in [1.29, 1.82) is 0 Å². The van der Waals surface area contributed by atoms with Gasteiger partial charge in [0.2, 0.25) is 5.91 Å². The molecule has 1 aromatic carbocycles. The predicted molar refractivity (Wildman–Crippen MR) is 92.7 cm³/mol. The van der Waals surface area contributed by atoms with Crippen LogP contribution in [-0.2, 0) is 4.79 Å². The standard InChI is InChI=1S/C19H24N2O3/c1-13(2)16(22)12-18(23)21-19(15-9-6-7-11-20-15)14-8-4-5-10-17(14)24-3/h4-11,13,16,19,22H,12H2,1-3H3,(H,21,23). The van der Waals surface area contributed by atoms with E-state index in [1.54, 1.807) is 13.3 Å². The van der Waals surface area contributed by atoms with Gasteiger partial charge in [0.1, 0.15) is 5.75 Å². The van der Waals surface area contributed by atoms with Crippen LogP contribution in [0.25, 0.3) is 0 Å². The summed E-state index contributed by atoms with van der Waals surface area (Å²) in [6.45, 7) is 3.77. The van der Waals surface area contributed by atoms with E-state index in [1.807, 2.05) is 56.3 Å². The van der Waals surface area contributed by atoms with Crippen LogP contribution in [0.2, 0.25) is 0 Å². The Kier molecular flexibility index (Phi) is 6.32. The first-order chi connectivity index (χ1) is 11.5. The maximum atomic E-state index is 12.4. The summed E-state index contributed by atoms with van der Waals surface area (Å²) in [6, 6.07) is 12.6. The molecule has 2 N–H and O–H groups in total. The first-order valence-corrected chi connectivity index (χ1v) is 8.04. The third kappa shape index (κ3) is 4.55. The molecule has 24 heavy (non-hydrogen) atoms. The zero-order chi connectivity index (χ0) is 17.5. The van der Waals surface area contributed by atoms with Gasteiger partial charge in [0.25, 0.3) is 0 Å². The molecule has 0 aliphatic carbocycles. The SMILES string of the molecule is COc1ccccc1C(NC(=O)CC(O)C(C)C)c1ccccn1. The van der Waals surface area contributed by atoms with Crippen molar-refractivity contribution >= 4 is 5.91 Å². The van der Waals surface area contributed by atoms with Crippen LogP contribution in [0.4, 0.5) is 0 Å². The number of benzene rings is 1. The molecular formula is C19H24N2O3. The minimum Gasteiger partial charge on any atom is -0.496 e. The summed E-state index contributed by atoms with van der Waals surface area (Å²) in [7, 11) is 1.60. The van der Waals surface area contributed by atoms with E-state index in [9.17, 15) is 9.90 Å². The first kappa shape index (κ1) is 17.9. The van der Waals surface area contributed by atoms with Crippen LogP contribution in [0.5, 0.6) is 5.75 Å². The lowest BCUT2D eigenvalue weighted by Gasteiger charge is -2.22. The smallest absolute Gasteiger partial charge is 0.223 e. The van der Waals surface area contributed by atoms with Gasteiger partial charge in [-0.1, -0.05) is 38.1 Å². The van der Waals surface area contributed by atoms with E-state index in [-0.39, 0.29) is 18.2 Å². The number of ether oxygens (including phenoxy) is 1. The molecule has 0 aliphatic heterocycles. The Morgan fingerprint density at radius 2 is 1.92 bits per heavy atom. The summed E-state index contributed by atoms with van der Waals surface area (Å²) in [4.78, 5) is 16.7. The Morgan fingerprint density at radius 3 is 2.54 bits per heavy atom. The molecule has 0 bridgehead atoms. The van der Waals surface area contributed by atoms with E-state index in [0.717, 1.165) is 11.3 Å². The number of pyridine rings is 1. The van der Waals surface area contributed by atoms with Crippen LogP contribution >= 0.6 is 0 Å². The van der Waals surface area contributed by atoms with Crippen molar-refractivity contribution in [3.05, 3.63) is 59.9 Å². The number of aliphatic hydroxyl groups is 1. The summed E-state index contributed by atoms with van der Waals surface area (Å²) in [6.07, 6.45) is 1.07. The molecule has 5 nitrogen and oxygen atoms in total.